The van der Waals surface area contributed by atoms with Crippen LogP contribution in [-0.2, 0) is 10.2 Å². The van der Waals surface area contributed by atoms with Gasteiger partial charge in [0.2, 0.25) is 5.91 Å². The van der Waals surface area contributed by atoms with Crippen molar-refractivity contribution in [2.45, 2.75) is 65.2 Å². The Labute approximate surface area is 141 Å². The predicted molar refractivity (Wildman–Crippen MR) is 98.9 cm³/mol. The van der Waals surface area contributed by atoms with Gasteiger partial charge in [-0.25, -0.2) is 0 Å². The Morgan fingerprint density at radius 1 is 1.26 bits per heavy atom. The number of fused-ring (bicyclic) bond motifs is 1. The molecule has 126 valence electrons. The Morgan fingerprint density at radius 3 is 2.65 bits per heavy atom. The van der Waals surface area contributed by atoms with Gasteiger partial charge < -0.3 is 4.90 Å². The van der Waals surface area contributed by atoms with Crippen molar-refractivity contribution in [3.05, 3.63) is 41.5 Å². The molecule has 0 radical (unpaired) electrons. The third-order valence-corrected chi connectivity index (χ3v) is 5.22. The van der Waals surface area contributed by atoms with Gasteiger partial charge >= 0.3 is 0 Å². The minimum Gasteiger partial charge on any atom is -0.314 e. The highest BCUT2D eigenvalue weighted by atomic mass is 16.2. The van der Waals surface area contributed by atoms with Crippen molar-refractivity contribution in [2.24, 2.45) is 5.92 Å². The SMILES string of the molecule is CC(C)=CCC[C@H](C)CCC[C@]1(C)C(=O)N(C)c2ccccc21. The summed E-state index contributed by atoms with van der Waals surface area (Å²) in [6.07, 6.45) is 7.99. The molecule has 0 saturated carbocycles. The first-order chi connectivity index (χ1) is 10.9. The normalized spacial score (nSPS) is 21.3. The molecule has 0 saturated heterocycles. The molecule has 0 fully saturated rings. The fourth-order valence-corrected chi connectivity index (χ4v) is 3.67. The molecular weight excluding hydrogens is 282 g/mol. The summed E-state index contributed by atoms with van der Waals surface area (Å²) < 4.78 is 0. The minimum atomic E-state index is -0.342. The third kappa shape index (κ3) is 3.85. The quantitative estimate of drug-likeness (QED) is 0.611. The molecular formula is C21H31NO. The van der Waals surface area contributed by atoms with Gasteiger partial charge in [-0.15, -0.1) is 0 Å². The van der Waals surface area contributed by atoms with Crippen LogP contribution in [0, 0.1) is 5.92 Å². The molecule has 1 aromatic rings. The van der Waals surface area contributed by atoms with Gasteiger partial charge in [0.1, 0.15) is 0 Å². The molecule has 2 nitrogen and oxygen atoms in total. The molecule has 2 rings (SSSR count). The number of para-hydroxylation sites is 1. The van der Waals surface area contributed by atoms with E-state index in [1.165, 1.54) is 30.4 Å². The van der Waals surface area contributed by atoms with E-state index in [2.05, 4.69) is 45.9 Å². The number of anilines is 1. The highest BCUT2D eigenvalue weighted by Crippen LogP contribution is 2.44. The zero-order chi connectivity index (χ0) is 17.0. The van der Waals surface area contributed by atoms with E-state index in [-0.39, 0.29) is 11.3 Å². The minimum absolute atomic E-state index is 0.246. The Balaban J connectivity index is 1.93. The third-order valence-electron chi connectivity index (χ3n) is 5.22. The Hall–Kier alpha value is -1.57. The van der Waals surface area contributed by atoms with Crippen molar-refractivity contribution in [1.29, 1.82) is 0 Å². The van der Waals surface area contributed by atoms with E-state index < -0.39 is 0 Å². The monoisotopic (exact) mass is 313 g/mol. The molecule has 0 bridgehead atoms. The number of rotatable bonds is 7. The second-order valence-corrected chi connectivity index (χ2v) is 7.57. The fraction of sp³-hybridized carbons (Fsp3) is 0.571. The number of carbonyl (C=O) groups is 1. The van der Waals surface area contributed by atoms with Crippen molar-refractivity contribution >= 4 is 11.6 Å². The van der Waals surface area contributed by atoms with E-state index in [1.807, 2.05) is 24.1 Å². The van der Waals surface area contributed by atoms with Gasteiger partial charge in [-0.1, -0.05) is 49.6 Å². The lowest BCUT2D eigenvalue weighted by Gasteiger charge is -2.24. The highest BCUT2D eigenvalue weighted by molar-refractivity contribution is 6.07. The van der Waals surface area contributed by atoms with Gasteiger partial charge in [-0.3, -0.25) is 4.79 Å². The van der Waals surface area contributed by atoms with Crippen molar-refractivity contribution in [3.63, 3.8) is 0 Å². The van der Waals surface area contributed by atoms with Crippen LogP contribution in [0.1, 0.15) is 65.4 Å². The predicted octanol–water partition coefficient (Wildman–Crippen LogP) is 5.47. The number of carbonyl (C=O) groups excluding carboxylic acids is 1. The Bertz CT molecular complexity index is 585. The highest BCUT2D eigenvalue weighted by Gasteiger charge is 2.45. The summed E-state index contributed by atoms with van der Waals surface area (Å²) in [5, 5.41) is 0. The van der Waals surface area contributed by atoms with Crippen molar-refractivity contribution < 1.29 is 4.79 Å². The van der Waals surface area contributed by atoms with Gasteiger partial charge in [0.15, 0.2) is 0 Å². The lowest BCUT2D eigenvalue weighted by Crippen LogP contribution is -2.36. The average Bonchev–Trinajstić information content (AvgIpc) is 2.70. The number of allylic oxidation sites excluding steroid dienone is 2. The van der Waals surface area contributed by atoms with Gasteiger partial charge in [-0.05, 0) is 57.6 Å². The van der Waals surface area contributed by atoms with Crippen LogP contribution in [0.4, 0.5) is 5.69 Å². The summed E-state index contributed by atoms with van der Waals surface area (Å²) in [5.74, 6) is 0.967. The molecule has 1 aliphatic rings. The van der Waals surface area contributed by atoms with E-state index in [1.54, 1.807) is 0 Å². The van der Waals surface area contributed by atoms with Crippen LogP contribution >= 0.6 is 0 Å². The first-order valence-corrected chi connectivity index (χ1v) is 8.87. The van der Waals surface area contributed by atoms with Crippen molar-refractivity contribution in [2.75, 3.05) is 11.9 Å². The summed E-state index contributed by atoms with van der Waals surface area (Å²) in [7, 11) is 1.90. The van der Waals surface area contributed by atoms with Crippen LogP contribution in [0.15, 0.2) is 35.9 Å². The van der Waals surface area contributed by atoms with E-state index in [0.717, 1.165) is 24.4 Å². The average molecular weight is 313 g/mol. The number of benzene rings is 1. The van der Waals surface area contributed by atoms with Crippen LogP contribution in [0.2, 0.25) is 0 Å². The maximum Gasteiger partial charge on any atom is 0.237 e. The topological polar surface area (TPSA) is 20.3 Å². The number of nitrogens with zero attached hydrogens (tertiary/aromatic N) is 1. The first kappa shape index (κ1) is 17.8. The molecule has 2 heteroatoms. The van der Waals surface area contributed by atoms with Gasteiger partial charge in [0.25, 0.3) is 0 Å². The molecule has 1 aliphatic heterocycles. The zero-order valence-corrected chi connectivity index (χ0v) is 15.4. The molecule has 1 heterocycles. The standard InChI is InChI=1S/C21H31NO/c1-16(2)10-8-11-17(3)12-9-15-21(4)18-13-6-7-14-19(18)22(5)20(21)23/h6-7,10,13-14,17H,8-9,11-12,15H2,1-5H3/t17-,21-/m0/s1. The van der Waals surface area contributed by atoms with Crippen molar-refractivity contribution in [3.8, 4) is 0 Å². The second-order valence-electron chi connectivity index (χ2n) is 7.57. The molecule has 0 unspecified atom stereocenters. The first-order valence-electron chi connectivity index (χ1n) is 8.87. The summed E-state index contributed by atoms with van der Waals surface area (Å²) in [4.78, 5) is 14.6. The molecule has 0 aliphatic carbocycles. The van der Waals surface area contributed by atoms with Crippen LogP contribution in [0.25, 0.3) is 0 Å². The van der Waals surface area contributed by atoms with Gasteiger partial charge in [-0.2, -0.15) is 0 Å². The van der Waals surface area contributed by atoms with Gasteiger partial charge in [0, 0.05) is 12.7 Å². The summed E-state index contributed by atoms with van der Waals surface area (Å²) in [6, 6.07) is 8.24. The fourth-order valence-electron chi connectivity index (χ4n) is 3.67. The number of hydrogen-bond donors (Lipinski definition) is 0. The smallest absolute Gasteiger partial charge is 0.237 e. The van der Waals surface area contributed by atoms with Crippen LogP contribution in [0.5, 0.6) is 0 Å². The maximum absolute atomic E-state index is 12.7. The number of likely N-dealkylation sites (N-methyl/N-ethyl adjacent to an activating group) is 1. The number of amides is 1. The van der Waals surface area contributed by atoms with E-state index >= 15 is 0 Å². The molecule has 1 aromatic carbocycles. The molecule has 1 amide bonds. The second kappa shape index (κ2) is 7.33. The van der Waals surface area contributed by atoms with Crippen molar-refractivity contribution in [1.82, 2.24) is 0 Å². The zero-order valence-electron chi connectivity index (χ0n) is 15.4. The Kier molecular flexibility index (Phi) is 5.67. The molecule has 0 N–H and O–H groups in total. The molecule has 23 heavy (non-hydrogen) atoms. The van der Waals surface area contributed by atoms with Crippen LogP contribution < -0.4 is 4.90 Å². The van der Waals surface area contributed by atoms with Crippen LogP contribution in [-0.4, -0.2) is 13.0 Å². The molecule has 0 aromatic heterocycles. The van der Waals surface area contributed by atoms with Crippen LogP contribution in [0.3, 0.4) is 0 Å². The van der Waals surface area contributed by atoms with E-state index in [0.29, 0.717) is 0 Å². The molecule has 2 atom stereocenters. The molecule has 0 spiro atoms. The summed E-state index contributed by atoms with van der Waals surface area (Å²) >= 11 is 0. The summed E-state index contributed by atoms with van der Waals surface area (Å²) in [6.45, 7) is 8.76. The van der Waals surface area contributed by atoms with Gasteiger partial charge in [0.05, 0.1) is 5.41 Å². The summed E-state index contributed by atoms with van der Waals surface area (Å²) in [5.41, 5.74) is 3.34. The number of hydrogen-bond acceptors (Lipinski definition) is 1. The van der Waals surface area contributed by atoms with E-state index in [4.69, 9.17) is 0 Å². The maximum atomic E-state index is 12.7. The lowest BCUT2D eigenvalue weighted by molar-refractivity contribution is -0.122. The lowest BCUT2D eigenvalue weighted by atomic mass is 9.78. The van der Waals surface area contributed by atoms with E-state index in [9.17, 15) is 4.79 Å². The Morgan fingerprint density at radius 2 is 1.96 bits per heavy atom. The largest absolute Gasteiger partial charge is 0.314 e.